The lowest BCUT2D eigenvalue weighted by atomic mass is 9.98. The summed E-state index contributed by atoms with van der Waals surface area (Å²) in [4.78, 5) is 12.1. The molecule has 0 aliphatic heterocycles. The third-order valence-corrected chi connectivity index (χ3v) is 5.00. The van der Waals surface area contributed by atoms with Crippen LogP contribution in [0.5, 0.6) is 5.75 Å². The number of aromatic hydroxyl groups is 1. The van der Waals surface area contributed by atoms with Crippen molar-refractivity contribution in [2.24, 2.45) is 0 Å². The van der Waals surface area contributed by atoms with Crippen molar-refractivity contribution in [1.29, 1.82) is 0 Å². The second-order valence-corrected chi connectivity index (χ2v) is 6.81. The van der Waals surface area contributed by atoms with E-state index in [1.54, 1.807) is 12.2 Å². The van der Waals surface area contributed by atoms with Crippen molar-refractivity contribution in [1.82, 2.24) is 5.32 Å². The van der Waals surface area contributed by atoms with Gasteiger partial charge in [-0.2, -0.15) is 0 Å². The SMILES string of the molecule is O=C(NCC=Cc1ccc(F)cc1O)OCC1c2ccccc2-c2ccccc21. The first-order chi connectivity index (χ1) is 14.1. The molecule has 4 nitrogen and oxygen atoms in total. The van der Waals surface area contributed by atoms with Crippen LogP contribution in [0.3, 0.4) is 0 Å². The number of phenolic OH excluding ortho intramolecular Hbond substituents is 1. The van der Waals surface area contributed by atoms with E-state index in [-0.39, 0.29) is 24.8 Å². The van der Waals surface area contributed by atoms with Gasteiger partial charge in [-0.3, -0.25) is 0 Å². The average Bonchev–Trinajstić information content (AvgIpc) is 3.05. The Balaban J connectivity index is 1.34. The molecule has 3 aromatic rings. The number of phenols is 1. The zero-order valence-corrected chi connectivity index (χ0v) is 15.6. The van der Waals surface area contributed by atoms with Crippen LogP contribution in [0.1, 0.15) is 22.6 Å². The van der Waals surface area contributed by atoms with Crippen LogP contribution in [0.2, 0.25) is 0 Å². The van der Waals surface area contributed by atoms with Gasteiger partial charge in [0.05, 0.1) is 0 Å². The smallest absolute Gasteiger partial charge is 0.407 e. The van der Waals surface area contributed by atoms with Crippen LogP contribution in [-0.4, -0.2) is 24.4 Å². The lowest BCUT2D eigenvalue weighted by Gasteiger charge is -2.14. The number of amides is 1. The Morgan fingerprint density at radius 2 is 1.69 bits per heavy atom. The van der Waals surface area contributed by atoms with Crippen LogP contribution in [0.15, 0.2) is 72.8 Å². The Labute approximate surface area is 168 Å². The van der Waals surface area contributed by atoms with Crippen molar-refractivity contribution in [3.8, 4) is 16.9 Å². The number of ether oxygens (including phenoxy) is 1. The van der Waals surface area contributed by atoms with Crippen molar-refractivity contribution < 1.29 is 19.0 Å². The van der Waals surface area contributed by atoms with Gasteiger partial charge in [-0.15, -0.1) is 0 Å². The predicted molar refractivity (Wildman–Crippen MR) is 110 cm³/mol. The van der Waals surface area contributed by atoms with Crippen LogP contribution < -0.4 is 5.32 Å². The molecule has 29 heavy (non-hydrogen) atoms. The van der Waals surface area contributed by atoms with E-state index in [1.807, 2.05) is 24.3 Å². The van der Waals surface area contributed by atoms with E-state index in [0.717, 1.165) is 17.2 Å². The van der Waals surface area contributed by atoms with E-state index >= 15 is 0 Å². The molecule has 1 amide bonds. The van der Waals surface area contributed by atoms with E-state index < -0.39 is 11.9 Å². The van der Waals surface area contributed by atoms with Crippen LogP contribution in [0.4, 0.5) is 9.18 Å². The lowest BCUT2D eigenvalue weighted by Crippen LogP contribution is -2.26. The van der Waals surface area contributed by atoms with Crippen molar-refractivity contribution >= 4 is 12.2 Å². The number of carbonyl (C=O) groups excluding carboxylic acids is 1. The summed E-state index contributed by atoms with van der Waals surface area (Å²) in [6.45, 7) is 0.482. The number of hydrogen-bond acceptors (Lipinski definition) is 3. The van der Waals surface area contributed by atoms with Gasteiger partial charge in [0.1, 0.15) is 18.2 Å². The quantitative estimate of drug-likeness (QED) is 0.640. The minimum absolute atomic E-state index is 0.0138. The second kappa shape index (κ2) is 8.19. The fourth-order valence-electron chi connectivity index (χ4n) is 3.64. The molecule has 0 spiro atoms. The molecule has 0 saturated carbocycles. The maximum absolute atomic E-state index is 13.0. The molecule has 0 atom stereocenters. The minimum atomic E-state index is -0.514. The Hall–Kier alpha value is -3.60. The standard InChI is InChI=1S/C24H20FNO3/c25-17-12-11-16(23(27)14-17)6-5-13-26-24(28)29-15-22-20-9-3-1-7-18(20)19-8-2-4-10-21(19)22/h1-12,14,22,27H,13,15H2,(H,26,28). The number of nitrogens with one attached hydrogen (secondary N) is 1. The summed E-state index contributed by atoms with van der Waals surface area (Å²) in [5.41, 5.74) is 5.15. The van der Waals surface area contributed by atoms with Crippen LogP contribution in [0.25, 0.3) is 17.2 Å². The van der Waals surface area contributed by atoms with E-state index in [2.05, 4.69) is 29.6 Å². The molecule has 0 bridgehead atoms. The predicted octanol–water partition coefficient (Wildman–Crippen LogP) is 5.08. The van der Waals surface area contributed by atoms with Gasteiger partial charge in [-0.05, 0) is 34.4 Å². The summed E-state index contributed by atoms with van der Waals surface area (Å²) in [7, 11) is 0. The first-order valence-electron chi connectivity index (χ1n) is 9.37. The average molecular weight is 389 g/mol. The van der Waals surface area contributed by atoms with Crippen molar-refractivity contribution in [2.45, 2.75) is 5.92 Å². The molecule has 0 radical (unpaired) electrons. The van der Waals surface area contributed by atoms with E-state index in [9.17, 15) is 14.3 Å². The van der Waals surface area contributed by atoms with Crippen LogP contribution in [0, 0.1) is 5.82 Å². The van der Waals surface area contributed by atoms with Gasteiger partial charge in [0, 0.05) is 24.1 Å². The highest BCUT2D eigenvalue weighted by atomic mass is 19.1. The summed E-state index contributed by atoms with van der Waals surface area (Å²) in [6.07, 6.45) is 2.76. The minimum Gasteiger partial charge on any atom is -0.507 e. The normalized spacial score (nSPS) is 12.6. The Morgan fingerprint density at radius 1 is 1.03 bits per heavy atom. The molecule has 0 unspecified atom stereocenters. The molecular formula is C24H20FNO3. The van der Waals surface area contributed by atoms with Gasteiger partial charge in [-0.1, -0.05) is 60.7 Å². The molecule has 0 saturated heterocycles. The van der Waals surface area contributed by atoms with Gasteiger partial charge in [0.25, 0.3) is 0 Å². The lowest BCUT2D eigenvalue weighted by molar-refractivity contribution is 0.144. The van der Waals surface area contributed by atoms with Gasteiger partial charge in [0.15, 0.2) is 0 Å². The highest BCUT2D eigenvalue weighted by Crippen LogP contribution is 2.44. The molecule has 1 aliphatic carbocycles. The van der Waals surface area contributed by atoms with E-state index in [1.165, 1.54) is 23.3 Å². The van der Waals surface area contributed by atoms with Crippen LogP contribution >= 0.6 is 0 Å². The summed E-state index contributed by atoms with van der Waals surface area (Å²) in [6, 6.07) is 20.1. The van der Waals surface area contributed by atoms with Gasteiger partial charge in [0.2, 0.25) is 0 Å². The zero-order valence-electron chi connectivity index (χ0n) is 15.6. The molecule has 4 rings (SSSR count). The third kappa shape index (κ3) is 3.99. The molecule has 3 aromatic carbocycles. The Kier molecular flexibility index (Phi) is 5.29. The van der Waals surface area contributed by atoms with Gasteiger partial charge in [-0.25, -0.2) is 9.18 Å². The number of rotatable bonds is 5. The Bertz CT molecular complexity index is 1030. The molecular weight excluding hydrogens is 369 g/mol. The summed E-state index contributed by atoms with van der Waals surface area (Å²) < 4.78 is 18.4. The van der Waals surface area contributed by atoms with Crippen molar-refractivity contribution in [2.75, 3.05) is 13.2 Å². The first kappa shape index (κ1) is 18.7. The fourth-order valence-corrected chi connectivity index (χ4v) is 3.64. The van der Waals surface area contributed by atoms with Crippen molar-refractivity contribution in [3.63, 3.8) is 0 Å². The molecule has 0 heterocycles. The van der Waals surface area contributed by atoms with E-state index in [0.29, 0.717) is 5.56 Å². The number of hydrogen-bond donors (Lipinski definition) is 2. The highest BCUT2D eigenvalue weighted by molar-refractivity contribution is 5.79. The molecule has 5 heteroatoms. The largest absolute Gasteiger partial charge is 0.507 e. The first-order valence-corrected chi connectivity index (χ1v) is 9.37. The Morgan fingerprint density at radius 3 is 2.34 bits per heavy atom. The van der Waals surface area contributed by atoms with Crippen LogP contribution in [-0.2, 0) is 4.74 Å². The number of fused-ring (bicyclic) bond motifs is 3. The summed E-state index contributed by atoms with van der Waals surface area (Å²) in [5, 5.41) is 12.3. The fraction of sp³-hybridized carbons (Fsp3) is 0.125. The number of carbonyl (C=O) groups is 1. The molecule has 0 aromatic heterocycles. The van der Waals surface area contributed by atoms with E-state index in [4.69, 9.17) is 4.74 Å². The number of halogens is 1. The number of alkyl carbamates (subject to hydrolysis) is 1. The van der Waals surface area contributed by atoms with Gasteiger partial charge < -0.3 is 15.2 Å². The second-order valence-electron chi connectivity index (χ2n) is 6.81. The molecule has 146 valence electrons. The third-order valence-electron chi connectivity index (χ3n) is 5.00. The monoisotopic (exact) mass is 389 g/mol. The summed E-state index contributed by atoms with van der Waals surface area (Å²) in [5.74, 6) is -0.640. The molecule has 2 N–H and O–H groups in total. The molecule has 1 aliphatic rings. The summed E-state index contributed by atoms with van der Waals surface area (Å²) >= 11 is 0. The maximum atomic E-state index is 13.0. The zero-order chi connectivity index (χ0) is 20.2. The maximum Gasteiger partial charge on any atom is 0.407 e. The highest BCUT2D eigenvalue weighted by Gasteiger charge is 2.28. The molecule has 0 fully saturated rings. The topological polar surface area (TPSA) is 58.6 Å². The van der Waals surface area contributed by atoms with Gasteiger partial charge >= 0.3 is 6.09 Å². The van der Waals surface area contributed by atoms with Crippen molar-refractivity contribution in [3.05, 3.63) is 95.3 Å². The number of benzene rings is 3.